The van der Waals surface area contributed by atoms with Gasteiger partial charge in [0.2, 0.25) is 11.8 Å². The average molecular weight is 360 g/mol. The van der Waals surface area contributed by atoms with Gasteiger partial charge in [0, 0.05) is 33.3 Å². The van der Waals surface area contributed by atoms with Crippen LogP contribution in [-0.2, 0) is 20.9 Å². The van der Waals surface area contributed by atoms with E-state index in [0.29, 0.717) is 19.6 Å². The Morgan fingerprint density at radius 3 is 2.75 bits per heavy atom. The zero-order chi connectivity index (χ0) is 16.8. The maximum atomic E-state index is 13.2. The topological polar surface area (TPSA) is 75.9 Å². The first-order chi connectivity index (χ1) is 11.0. The summed E-state index contributed by atoms with van der Waals surface area (Å²) < 4.78 is 18.3. The number of rotatable bonds is 6. The third-order valence-electron chi connectivity index (χ3n) is 3.93. The molecule has 1 aliphatic rings. The number of piperazine rings is 1. The second kappa shape index (κ2) is 9.56. The first-order valence-electron chi connectivity index (χ1n) is 7.56. The van der Waals surface area contributed by atoms with Crippen molar-refractivity contribution in [3.63, 3.8) is 0 Å². The number of hydrogen-bond acceptors (Lipinski definition) is 4. The fraction of sp³-hybridized carbons (Fsp3) is 0.500. The molecule has 1 aromatic rings. The molecule has 0 radical (unpaired) electrons. The van der Waals surface area contributed by atoms with Crippen molar-refractivity contribution in [1.29, 1.82) is 0 Å². The van der Waals surface area contributed by atoms with Gasteiger partial charge in [-0.1, -0.05) is 12.1 Å². The summed E-state index contributed by atoms with van der Waals surface area (Å²) in [5.41, 5.74) is 6.24. The van der Waals surface area contributed by atoms with E-state index in [1.165, 1.54) is 24.1 Å². The van der Waals surface area contributed by atoms with Gasteiger partial charge in [0.15, 0.2) is 0 Å². The SMILES string of the molecule is COC(CN)CC(=O)N1CCN(Cc2cccc(F)c2)C(=O)C1.Cl. The number of methoxy groups -OCH3 is 1. The van der Waals surface area contributed by atoms with E-state index in [0.717, 1.165) is 5.56 Å². The van der Waals surface area contributed by atoms with Gasteiger partial charge in [-0.15, -0.1) is 12.4 Å². The number of nitrogens with zero attached hydrogens (tertiary/aromatic N) is 2. The van der Waals surface area contributed by atoms with Gasteiger partial charge < -0.3 is 20.3 Å². The standard InChI is InChI=1S/C16H22FN3O3.ClH/c1-23-14(9-18)8-15(21)20-6-5-19(16(22)11-20)10-12-3-2-4-13(17)7-12;/h2-4,7,14H,5-6,8-11,18H2,1H3;1H. The molecule has 1 heterocycles. The monoisotopic (exact) mass is 359 g/mol. The van der Waals surface area contributed by atoms with Crippen molar-refractivity contribution in [3.8, 4) is 0 Å². The Labute approximate surface area is 147 Å². The molecule has 0 aliphatic carbocycles. The summed E-state index contributed by atoms with van der Waals surface area (Å²) in [7, 11) is 1.51. The zero-order valence-corrected chi connectivity index (χ0v) is 14.4. The lowest BCUT2D eigenvalue weighted by Gasteiger charge is -2.35. The zero-order valence-electron chi connectivity index (χ0n) is 13.6. The van der Waals surface area contributed by atoms with Crippen LogP contribution < -0.4 is 5.73 Å². The van der Waals surface area contributed by atoms with Gasteiger partial charge in [0.05, 0.1) is 19.1 Å². The summed E-state index contributed by atoms with van der Waals surface area (Å²) in [6.45, 7) is 1.54. The molecule has 134 valence electrons. The molecule has 0 spiro atoms. The maximum Gasteiger partial charge on any atom is 0.242 e. The highest BCUT2D eigenvalue weighted by atomic mass is 35.5. The Hall–Kier alpha value is -1.70. The molecule has 8 heteroatoms. The third-order valence-corrected chi connectivity index (χ3v) is 3.93. The van der Waals surface area contributed by atoms with Crippen LogP contribution in [0.3, 0.4) is 0 Å². The van der Waals surface area contributed by atoms with E-state index in [2.05, 4.69) is 0 Å². The molecule has 0 aromatic heterocycles. The van der Waals surface area contributed by atoms with Crippen molar-refractivity contribution in [1.82, 2.24) is 9.80 Å². The smallest absolute Gasteiger partial charge is 0.242 e. The number of benzene rings is 1. The van der Waals surface area contributed by atoms with Gasteiger partial charge in [-0.2, -0.15) is 0 Å². The molecule has 2 amide bonds. The molecule has 1 fully saturated rings. The highest BCUT2D eigenvalue weighted by Gasteiger charge is 2.28. The van der Waals surface area contributed by atoms with Crippen LogP contribution in [0.5, 0.6) is 0 Å². The lowest BCUT2D eigenvalue weighted by molar-refractivity contribution is -0.146. The second-order valence-electron chi connectivity index (χ2n) is 5.56. The summed E-state index contributed by atoms with van der Waals surface area (Å²) in [6, 6.07) is 6.17. The van der Waals surface area contributed by atoms with Crippen LogP contribution in [0, 0.1) is 5.82 Å². The molecule has 1 atom stereocenters. The molecule has 1 aliphatic heterocycles. The molecule has 1 unspecified atom stereocenters. The van der Waals surface area contributed by atoms with Gasteiger partial charge in [-0.25, -0.2) is 4.39 Å². The highest BCUT2D eigenvalue weighted by molar-refractivity contribution is 5.86. The van der Waals surface area contributed by atoms with Crippen molar-refractivity contribution in [2.75, 3.05) is 33.3 Å². The first-order valence-corrected chi connectivity index (χ1v) is 7.56. The fourth-order valence-electron chi connectivity index (χ4n) is 2.53. The van der Waals surface area contributed by atoms with Gasteiger partial charge >= 0.3 is 0 Å². The predicted molar refractivity (Wildman–Crippen MR) is 90.1 cm³/mol. The minimum atomic E-state index is -0.331. The Balaban J connectivity index is 0.00000288. The van der Waals surface area contributed by atoms with E-state index in [9.17, 15) is 14.0 Å². The van der Waals surface area contributed by atoms with E-state index < -0.39 is 0 Å². The maximum absolute atomic E-state index is 13.2. The van der Waals surface area contributed by atoms with Gasteiger partial charge in [-0.3, -0.25) is 9.59 Å². The number of carbonyl (C=O) groups is 2. The van der Waals surface area contributed by atoms with Crippen molar-refractivity contribution in [2.24, 2.45) is 5.73 Å². The molecular weight excluding hydrogens is 337 g/mol. The van der Waals surface area contributed by atoms with E-state index in [4.69, 9.17) is 10.5 Å². The van der Waals surface area contributed by atoms with Gasteiger partial charge in [0.25, 0.3) is 0 Å². The third kappa shape index (κ3) is 5.43. The first kappa shape index (κ1) is 20.3. The molecular formula is C16H23ClFN3O3. The van der Waals surface area contributed by atoms with Crippen LogP contribution in [0.2, 0.25) is 0 Å². The summed E-state index contributed by atoms with van der Waals surface area (Å²) >= 11 is 0. The molecule has 2 N–H and O–H groups in total. The van der Waals surface area contributed by atoms with Crippen LogP contribution in [0.15, 0.2) is 24.3 Å². The number of carbonyl (C=O) groups excluding carboxylic acids is 2. The van der Waals surface area contributed by atoms with E-state index >= 15 is 0 Å². The van der Waals surface area contributed by atoms with E-state index in [-0.39, 0.29) is 55.7 Å². The van der Waals surface area contributed by atoms with E-state index in [1.807, 2.05) is 0 Å². The minimum Gasteiger partial charge on any atom is -0.380 e. The highest BCUT2D eigenvalue weighted by Crippen LogP contribution is 2.12. The van der Waals surface area contributed by atoms with Crippen molar-refractivity contribution < 1.29 is 18.7 Å². The number of amides is 2. The lowest BCUT2D eigenvalue weighted by Crippen LogP contribution is -2.52. The molecule has 6 nitrogen and oxygen atoms in total. The van der Waals surface area contributed by atoms with Crippen LogP contribution in [0.4, 0.5) is 4.39 Å². The van der Waals surface area contributed by atoms with E-state index in [1.54, 1.807) is 17.0 Å². The van der Waals surface area contributed by atoms with Gasteiger partial charge in [0.1, 0.15) is 5.82 Å². The Morgan fingerprint density at radius 2 is 2.17 bits per heavy atom. The van der Waals surface area contributed by atoms with Crippen LogP contribution in [-0.4, -0.2) is 61.0 Å². The Kier molecular flexibility index (Phi) is 8.10. The van der Waals surface area contributed by atoms with Crippen LogP contribution in [0.25, 0.3) is 0 Å². The summed E-state index contributed by atoms with van der Waals surface area (Å²) in [6.07, 6.45) is -0.160. The minimum absolute atomic E-state index is 0. The predicted octanol–water partition coefficient (Wildman–Crippen LogP) is 0.782. The van der Waals surface area contributed by atoms with Crippen molar-refractivity contribution in [2.45, 2.75) is 19.1 Å². The molecule has 0 saturated carbocycles. The summed E-state index contributed by atoms with van der Waals surface area (Å²) in [5.74, 6) is -0.604. The summed E-state index contributed by atoms with van der Waals surface area (Å²) in [5, 5.41) is 0. The number of nitrogens with two attached hydrogens (primary N) is 1. The van der Waals surface area contributed by atoms with Crippen LogP contribution >= 0.6 is 12.4 Å². The number of halogens is 2. The molecule has 0 bridgehead atoms. The van der Waals surface area contributed by atoms with Crippen LogP contribution in [0.1, 0.15) is 12.0 Å². The average Bonchev–Trinajstić information content (AvgIpc) is 2.54. The Morgan fingerprint density at radius 1 is 1.42 bits per heavy atom. The number of hydrogen-bond donors (Lipinski definition) is 1. The number of ether oxygens (including phenoxy) is 1. The molecule has 1 aromatic carbocycles. The largest absolute Gasteiger partial charge is 0.380 e. The quantitative estimate of drug-likeness (QED) is 0.814. The molecule has 24 heavy (non-hydrogen) atoms. The molecule has 2 rings (SSSR count). The molecule has 1 saturated heterocycles. The summed E-state index contributed by atoms with van der Waals surface area (Å²) in [4.78, 5) is 27.5. The second-order valence-corrected chi connectivity index (χ2v) is 5.56. The fourth-order valence-corrected chi connectivity index (χ4v) is 2.53. The lowest BCUT2D eigenvalue weighted by atomic mass is 10.1. The van der Waals surface area contributed by atoms with Crippen molar-refractivity contribution >= 4 is 24.2 Å². The van der Waals surface area contributed by atoms with Gasteiger partial charge in [-0.05, 0) is 17.7 Å². The normalized spacial score (nSPS) is 15.9. The Bertz CT molecular complexity index is 569. The van der Waals surface area contributed by atoms with Crippen molar-refractivity contribution in [3.05, 3.63) is 35.6 Å².